The fraction of sp³-hybridized carbons (Fsp3) is 1.00. The summed E-state index contributed by atoms with van der Waals surface area (Å²) in [6.45, 7) is 6.37. The minimum atomic E-state index is -0.209. The molecule has 0 aromatic rings. The van der Waals surface area contributed by atoms with Crippen molar-refractivity contribution in [2.45, 2.75) is 25.3 Å². The van der Waals surface area contributed by atoms with Gasteiger partial charge in [0.15, 0.2) is 0 Å². The number of rotatable bonds is 15. The van der Waals surface area contributed by atoms with Crippen molar-refractivity contribution in [1.82, 2.24) is 5.32 Å². The Hall–Kier alpha value is -0.240. The van der Waals surface area contributed by atoms with Crippen LogP contribution in [0.25, 0.3) is 0 Å². The standard InChI is InChI=1S/C14H31NO5/c1-14(13-16,15-2)5-4-6-18-9-10-20-12-11-19-8-7-17-3/h15-16H,4-13H2,1-3H3. The maximum absolute atomic E-state index is 9.22. The van der Waals surface area contributed by atoms with Gasteiger partial charge in [0.1, 0.15) is 0 Å². The highest BCUT2D eigenvalue weighted by molar-refractivity contribution is 4.79. The van der Waals surface area contributed by atoms with Crippen LogP contribution in [0.1, 0.15) is 19.8 Å². The number of nitrogens with one attached hydrogen (secondary N) is 1. The van der Waals surface area contributed by atoms with Crippen LogP contribution in [-0.2, 0) is 18.9 Å². The zero-order valence-corrected chi connectivity index (χ0v) is 13.2. The number of ether oxygens (including phenoxy) is 4. The Labute approximate surface area is 122 Å². The smallest absolute Gasteiger partial charge is 0.0701 e. The van der Waals surface area contributed by atoms with Crippen LogP contribution in [0.3, 0.4) is 0 Å². The molecule has 1 atom stereocenters. The Morgan fingerprint density at radius 1 is 0.900 bits per heavy atom. The number of likely N-dealkylation sites (N-methyl/N-ethyl adjacent to an activating group) is 1. The van der Waals surface area contributed by atoms with Crippen LogP contribution in [0.2, 0.25) is 0 Å². The van der Waals surface area contributed by atoms with Gasteiger partial charge in [-0.3, -0.25) is 0 Å². The quantitative estimate of drug-likeness (QED) is 0.427. The molecule has 1 unspecified atom stereocenters. The van der Waals surface area contributed by atoms with E-state index in [0.717, 1.165) is 12.8 Å². The van der Waals surface area contributed by atoms with Crippen LogP contribution >= 0.6 is 0 Å². The number of aliphatic hydroxyl groups is 1. The van der Waals surface area contributed by atoms with E-state index >= 15 is 0 Å². The fourth-order valence-corrected chi connectivity index (χ4v) is 1.53. The van der Waals surface area contributed by atoms with Gasteiger partial charge in [-0.1, -0.05) is 0 Å². The van der Waals surface area contributed by atoms with Gasteiger partial charge in [-0.25, -0.2) is 0 Å². The van der Waals surface area contributed by atoms with E-state index in [0.29, 0.717) is 46.2 Å². The molecule has 0 bridgehead atoms. The van der Waals surface area contributed by atoms with E-state index in [1.54, 1.807) is 7.11 Å². The minimum absolute atomic E-state index is 0.135. The molecule has 122 valence electrons. The molecule has 0 saturated heterocycles. The zero-order chi connectivity index (χ0) is 15.1. The topological polar surface area (TPSA) is 69.2 Å². The molecule has 0 saturated carbocycles. The molecule has 2 N–H and O–H groups in total. The average molecular weight is 293 g/mol. The van der Waals surface area contributed by atoms with E-state index in [2.05, 4.69) is 5.32 Å². The first-order chi connectivity index (χ1) is 9.68. The average Bonchev–Trinajstić information content (AvgIpc) is 2.48. The van der Waals surface area contributed by atoms with Gasteiger partial charge in [-0.2, -0.15) is 0 Å². The predicted molar refractivity (Wildman–Crippen MR) is 78.1 cm³/mol. The third-order valence-corrected chi connectivity index (χ3v) is 3.15. The molecular weight excluding hydrogens is 262 g/mol. The number of aliphatic hydroxyl groups excluding tert-OH is 1. The first-order valence-corrected chi connectivity index (χ1v) is 7.20. The Morgan fingerprint density at radius 2 is 1.40 bits per heavy atom. The normalized spacial score (nSPS) is 14.4. The lowest BCUT2D eigenvalue weighted by Gasteiger charge is -2.26. The van der Waals surface area contributed by atoms with Crippen molar-refractivity contribution >= 4 is 0 Å². The van der Waals surface area contributed by atoms with Crippen LogP contribution in [0, 0.1) is 0 Å². The van der Waals surface area contributed by atoms with Crippen molar-refractivity contribution in [2.24, 2.45) is 0 Å². The number of hydrogen-bond donors (Lipinski definition) is 2. The summed E-state index contributed by atoms with van der Waals surface area (Å²) in [5.74, 6) is 0. The number of methoxy groups -OCH3 is 1. The molecule has 0 aliphatic carbocycles. The van der Waals surface area contributed by atoms with Gasteiger partial charge >= 0.3 is 0 Å². The molecule has 6 nitrogen and oxygen atoms in total. The van der Waals surface area contributed by atoms with Gasteiger partial charge in [-0.15, -0.1) is 0 Å². The van der Waals surface area contributed by atoms with Gasteiger partial charge in [0.25, 0.3) is 0 Å². The van der Waals surface area contributed by atoms with Crippen molar-refractivity contribution in [3.05, 3.63) is 0 Å². The van der Waals surface area contributed by atoms with Crippen LogP contribution in [0.4, 0.5) is 0 Å². The molecule has 0 aliphatic rings. The van der Waals surface area contributed by atoms with Gasteiger partial charge in [0.05, 0.1) is 46.2 Å². The fourth-order valence-electron chi connectivity index (χ4n) is 1.53. The molecule has 0 aliphatic heterocycles. The van der Waals surface area contributed by atoms with Crippen molar-refractivity contribution < 1.29 is 24.1 Å². The van der Waals surface area contributed by atoms with Crippen molar-refractivity contribution in [2.75, 3.05) is 67.0 Å². The Kier molecular flexibility index (Phi) is 13.6. The van der Waals surface area contributed by atoms with Crippen LogP contribution < -0.4 is 5.32 Å². The molecule has 0 fully saturated rings. The molecule has 0 aromatic carbocycles. The van der Waals surface area contributed by atoms with Gasteiger partial charge < -0.3 is 29.4 Å². The number of hydrogen-bond acceptors (Lipinski definition) is 6. The van der Waals surface area contributed by atoms with E-state index in [1.807, 2.05) is 14.0 Å². The van der Waals surface area contributed by atoms with Crippen LogP contribution in [-0.4, -0.2) is 77.7 Å². The zero-order valence-electron chi connectivity index (χ0n) is 13.2. The van der Waals surface area contributed by atoms with Crippen molar-refractivity contribution in [3.63, 3.8) is 0 Å². The van der Waals surface area contributed by atoms with Crippen molar-refractivity contribution in [3.8, 4) is 0 Å². The van der Waals surface area contributed by atoms with Gasteiger partial charge in [0, 0.05) is 19.3 Å². The monoisotopic (exact) mass is 293 g/mol. The Morgan fingerprint density at radius 3 is 1.85 bits per heavy atom. The molecule has 0 radical (unpaired) electrons. The third-order valence-electron chi connectivity index (χ3n) is 3.15. The Balaban J connectivity index is 3.17. The highest BCUT2D eigenvalue weighted by Gasteiger charge is 2.19. The van der Waals surface area contributed by atoms with Gasteiger partial charge in [0.2, 0.25) is 0 Å². The van der Waals surface area contributed by atoms with Crippen molar-refractivity contribution in [1.29, 1.82) is 0 Å². The summed E-state index contributed by atoms with van der Waals surface area (Å²) >= 11 is 0. The van der Waals surface area contributed by atoms with Crippen LogP contribution in [0.15, 0.2) is 0 Å². The molecule has 0 amide bonds. The second kappa shape index (κ2) is 13.7. The molecule has 0 aromatic heterocycles. The highest BCUT2D eigenvalue weighted by Crippen LogP contribution is 2.10. The van der Waals surface area contributed by atoms with E-state index in [4.69, 9.17) is 18.9 Å². The predicted octanol–water partition coefficient (Wildman–Crippen LogP) is 0.433. The summed E-state index contributed by atoms with van der Waals surface area (Å²) in [4.78, 5) is 0. The molecule has 6 heteroatoms. The molecular formula is C14H31NO5. The summed E-state index contributed by atoms with van der Waals surface area (Å²) in [6, 6.07) is 0. The second-order valence-electron chi connectivity index (χ2n) is 4.90. The second-order valence-corrected chi connectivity index (χ2v) is 4.90. The summed E-state index contributed by atoms with van der Waals surface area (Å²) in [6.07, 6.45) is 1.80. The molecule has 0 heterocycles. The largest absolute Gasteiger partial charge is 0.394 e. The third kappa shape index (κ3) is 11.6. The van der Waals surface area contributed by atoms with E-state index in [9.17, 15) is 5.11 Å². The minimum Gasteiger partial charge on any atom is -0.394 e. The summed E-state index contributed by atoms with van der Waals surface area (Å²) in [5.41, 5.74) is -0.209. The molecule has 0 rings (SSSR count). The van der Waals surface area contributed by atoms with Crippen LogP contribution in [0.5, 0.6) is 0 Å². The highest BCUT2D eigenvalue weighted by atomic mass is 16.6. The van der Waals surface area contributed by atoms with E-state index in [-0.39, 0.29) is 12.1 Å². The first kappa shape index (κ1) is 19.8. The SMILES string of the molecule is CNC(C)(CO)CCCOCCOCCOCCOC. The Bertz CT molecular complexity index is 200. The summed E-state index contributed by atoms with van der Waals surface area (Å²) in [7, 11) is 3.51. The molecule has 0 spiro atoms. The van der Waals surface area contributed by atoms with E-state index in [1.165, 1.54) is 0 Å². The van der Waals surface area contributed by atoms with E-state index < -0.39 is 0 Å². The summed E-state index contributed by atoms with van der Waals surface area (Å²) < 4.78 is 20.9. The lowest BCUT2D eigenvalue weighted by Crippen LogP contribution is -2.43. The maximum atomic E-state index is 9.22. The van der Waals surface area contributed by atoms with Gasteiger partial charge in [-0.05, 0) is 26.8 Å². The lowest BCUT2D eigenvalue weighted by atomic mass is 9.97. The molecule has 20 heavy (non-hydrogen) atoms. The lowest BCUT2D eigenvalue weighted by molar-refractivity contribution is 0.00246. The first-order valence-electron chi connectivity index (χ1n) is 7.20. The maximum Gasteiger partial charge on any atom is 0.0701 e. The summed E-state index contributed by atoms with van der Waals surface area (Å²) in [5, 5.41) is 12.3.